The minimum Gasteiger partial charge on any atom is -0.478 e. The first kappa shape index (κ1) is 16.2. The molecule has 0 atom stereocenters. The van der Waals surface area contributed by atoms with Crippen molar-refractivity contribution in [2.24, 2.45) is 0 Å². The van der Waals surface area contributed by atoms with Gasteiger partial charge in [0.2, 0.25) is 0 Å². The number of hydrogen-bond acceptors (Lipinski definition) is 1. The molecule has 1 N–H and O–H groups in total. The van der Waals surface area contributed by atoms with E-state index in [1.54, 1.807) is 24.3 Å². The first-order valence-corrected chi connectivity index (χ1v) is 8.30. The van der Waals surface area contributed by atoms with Crippen molar-refractivity contribution >= 4 is 43.4 Å². The van der Waals surface area contributed by atoms with E-state index in [1.807, 2.05) is 0 Å². The maximum Gasteiger partial charge on any atom is 0.336 e. The van der Waals surface area contributed by atoms with Gasteiger partial charge < -0.3 is 5.11 Å². The van der Waals surface area contributed by atoms with Gasteiger partial charge in [-0.15, -0.1) is 0 Å². The molecule has 4 rings (SSSR count). The summed E-state index contributed by atoms with van der Waals surface area (Å²) in [5.74, 6) is -0.910. The Bertz CT molecular complexity index is 903. The van der Waals surface area contributed by atoms with Crippen LogP contribution >= 0.6 is 15.9 Å². The fraction of sp³-hybridized carbons (Fsp3) is 0. The molecule has 0 fully saturated rings. The predicted octanol–water partition coefficient (Wildman–Crippen LogP) is 6.14. The minimum absolute atomic E-state index is 0.294. The molecular weight excluding hydrogens is 364 g/mol. The van der Waals surface area contributed by atoms with Gasteiger partial charge in [0.1, 0.15) is 0 Å². The quantitative estimate of drug-likeness (QED) is 0.404. The van der Waals surface area contributed by atoms with Crippen LogP contribution in [-0.2, 0) is 0 Å². The average Bonchev–Trinajstić information content (AvgIpc) is 2.60. The predicted molar refractivity (Wildman–Crippen MR) is 103 cm³/mol. The second-order valence-electron chi connectivity index (χ2n) is 5.33. The second-order valence-corrected chi connectivity index (χ2v) is 6.19. The standard InChI is InChI=1S/C14H10.C7H5BrO2/c1-2-6-12-10-14-8-4-3-7-13(14)9-11(12)5-1;8-6-4-2-1-3-5(6)7(9)10/h1-10H;1-4H,(H,9,10). The zero-order valence-electron chi connectivity index (χ0n) is 12.8. The number of carboxylic acid groups (broad SMARTS) is 1. The van der Waals surface area contributed by atoms with Crippen molar-refractivity contribution in [3.05, 3.63) is 95.0 Å². The van der Waals surface area contributed by atoms with Gasteiger partial charge in [-0.3, -0.25) is 0 Å². The Kier molecular flexibility index (Phi) is 4.92. The van der Waals surface area contributed by atoms with E-state index in [0.717, 1.165) is 0 Å². The Morgan fingerprint density at radius 1 is 0.667 bits per heavy atom. The second kappa shape index (κ2) is 7.28. The van der Waals surface area contributed by atoms with Gasteiger partial charge in [-0.1, -0.05) is 60.7 Å². The van der Waals surface area contributed by atoms with Crippen LogP contribution in [0.3, 0.4) is 0 Å². The number of rotatable bonds is 1. The monoisotopic (exact) mass is 378 g/mol. The Labute approximate surface area is 148 Å². The smallest absolute Gasteiger partial charge is 0.336 e. The van der Waals surface area contributed by atoms with Crippen LogP contribution in [-0.4, -0.2) is 11.1 Å². The fourth-order valence-corrected chi connectivity index (χ4v) is 2.97. The molecule has 0 radical (unpaired) electrons. The summed E-state index contributed by atoms with van der Waals surface area (Å²) in [5, 5.41) is 13.8. The minimum atomic E-state index is -0.910. The van der Waals surface area contributed by atoms with Crippen molar-refractivity contribution in [3.63, 3.8) is 0 Å². The van der Waals surface area contributed by atoms with Gasteiger partial charge in [0.25, 0.3) is 0 Å². The van der Waals surface area contributed by atoms with Crippen LogP contribution in [0.4, 0.5) is 0 Å². The maximum absolute atomic E-state index is 10.4. The lowest BCUT2D eigenvalue weighted by atomic mass is 10.0. The Morgan fingerprint density at radius 2 is 1.04 bits per heavy atom. The van der Waals surface area contributed by atoms with Crippen molar-refractivity contribution in [1.82, 2.24) is 0 Å². The Morgan fingerprint density at radius 3 is 1.38 bits per heavy atom. The van der Waals surface area contributed by atoms with E-state index in [9.17, 15) is 4.79 Å². The molecule has 0 aliphatic carbocycles. The molecule has 0 heterocycles. The highest BCUT2D eigenvalue weighted by Gasteiger charge is 2.04. The van der Waals surface area contributed by atoms with Gasteiger partial charge in [-0.2, -0.15) is 0 Å². The molecule has 0 saturated heterocycles. The van der Waals surface area contributed by atoms with Crippen LogP contribution in [0.15, 0.2) is 89.4 Å². The number of benzene rings is 4. The largest absolute Gasteiger partial charge is 0.478 e. The van der Waals surface area contributed by atoms with Crippen molar-refractivity contribution in [2.45, 2.75) is 0 Å². The van der Waals surface area contributed by atoms with Crippen LogP contribution in [0.1, 0.15) is 10.4 Å². The molecule has 3 heteroatoms. The van der Waals surface area contributed by atoms with Crippen molar-refractivity contribution in [2.75, 3.05) is 0 Å². The van der Waals surface area contributed by atoms with Crippen molar-refractivity contribution < 1.29 is 9.90 Å². The fourth-order valence-electron chi connectivity index (χ4n) is 2.52. The molecule has 24 heavy (non-hydrogen) atoms. The van der Waals surface area contributed by atoms with Crippen LogP contribution in [0.2, 0.25) is 0 Å². The molecule has 4 aromatic rings. The third-order valence-corrected chi connectivity index (χ3v) is 4.41. The molecule has 0 aliphatic rings. The third kappa shape index (κ3) is 3.63. The van der Waals surface area contributed by atoms with E-state index < -0.39 is 5.97 Å². The summed E-state index contributed by atoms with van der Waals surface area (Å²) in [4.78, 5) is 10.4. The molecule has 4 aromatic carbocycles. The molecule has 0 amide bonds. The van der Waals surface area contributed by atoms with E-state index >= 15 is 0 Å². The van der Waals surface area contributed by atoms with Gasteiger partial charge in [0, 0.05) is 4.47 Å². The highest BCUT2D eigenvalue weighted by Crippen LogP contribution is 2.22. The summed E-state index contributed by atoms with van der Waals surface area (Å²) >= 11 is 3.12. The van der Waals surface area contributed by atoms with Gasteiger partial charge in [0.05, 0.1) is 5.56 Å². The average molecular weight is 379 g/mol. The van der Waals surface area contributed by atoms with Crippen molar-refractivity contribution in [3.8, 4) is 0 Å². The Balaban J connectivity index is 0.000000150. The van der Waals surface area contributed by atoms with Gasteiger partial charge >= 0.3 is 5.97 Å². The molecule has 0 bridgehead atoms. The number of hydrogen-bond donors (Lipinski definition) is 1. The first-order valence-electron chi connectivity index (χ1n) is 7.50. The summed E-state index contributed by atoms with van der Waals surface area (Å²) < 4.78 is 0.613. The third-order valence-electron chi connectivity index (χ3n) is 3.72. The van der Waals surface area contributed by atoms with Gasteiger partial charge in [-0.05, 0) is 61.7 Å². The summed E-state index contributed by atoms with van der Waals surface area (Å²) in [6, 6.07) is 28.1. The zero-order valence-corrected chi connectivity index (χ0v) is 14.4. The molecule has 0 unspecified atom stereocenters. The molecular formula is C21H15BrO2. The van der Waals surface area contributed by atoms with Crippen molar-refractivity contribution in [1.29, 1.82) is 0 Å². The zero-order chi connectivity index (χ0) is 16.9. The van der Waals surface area contributed by atoms with E-state index in [4.69, 9.17) is 5.11 Å². The SMILES string of the molecule is O=C(O)c1ccccc1Br.c1ccc2cc3ccccc3cc2c1. The normalized spacial score (nSPS) is 10.2. The van der Waals surface area contributed by atoms with Gasteiger partial charge in [-0.25, -0.2) is 4.79 Å². The topological polar surface area (TPSA) is 37.3 Å². The molecule has 0 saturated carbocycles. The Hall–Kier alpha value is -2.65. The van der Waals surface area contributed by atoms with Crippen LogP contribution in [0.5, 0.6) is 0 Å². The molecule has 0 aliphatic heterocycles. The molecule has 0 spiro atoms. The highest BCUT2D eigenvalue weighted by molar-refractivity contribution is 9.10. The highest BCUT2D eigenvalue weighted by atomic mass is 79.9. The van der Waals surface area contributed by atoms with Crippen LogP contribution < -0.4 is 0 Å². The number of carbonyl (C=O) groups is 1. The van der Waals surface area contributed by atoms with Gasteiger partial charge in [0.15, 0.2) is 0 Å². The summed E-state index contributed by atoms with van der Waals surface area (Å²) in [6.07, 6.45) is 0. The molecule has 2 nitrogen and oxygen atoms in total. The van der Waals surface area contributed by atoms with E-state index in [2.05, 4.69) is 76.6 Å². The lowest BCUT2D eigenvalue weighted by molar-refractivity contribution is 0.0696. The number of aromatic carboxylic acids is 1. The van der Waals surface area contributed by atoms with E-state index in [1.165, 1.54) is 21.5 Å². The number of halogens is 1. The summed E-state index contributed by atoms with van der Waals surface area (Å²) in [7, 11) is 0. The number of fused-ring (bicyclic) bond motifs is 2. The van der Waals surface area contributed by atoms with Crippen LogP contribution in [0.25, 0.3) is 21.5 Å². The summed E-state index contributed by atoms with van der Waals surface area (Å²) in [6.45, 7) is 0. The van der Waals surface area contributed by atoms with E-state index in [-0.39, 0.29) is 0 Å². The number of carboxylic acids is 1. The lowest BCUT2D eigenvalue weighted by Gasteiger charge is -2.00. The van der Waals surface area contributed by atoms with E-state index in [0.29, 0.717) is 10.0 Å². The first-order chi connectivity index (χ1) is 11.6. The molecule has 0 aromatic heterocycles. The maximum atomic E-state index is 10.4. The lowest BCUT2D eigenvalue weighted by Crippen LogP contribution is -1.95. The van der Waals surface area contributed by atoms with Crippen LogP contribution in [0, 0.1) is 0 Å². The molecule has 118 valence electrons. The summed E-state index contributed by atoms with van der Waals surface area (Å²) in [5.41, 5.74) is 0.294.